The molecule has 1 aliphatic rings. The summed E-state index contributed by atoms with van der Waals surface area (Å²) in [7, 11) is 1.57. The number of anilines is 1. The molecule has 0 saturated carbocycles. The van der Waals surface area contributed by atoms with E-state index in [0.29, 0.717) is 17.2 Å². The van der Waals surface area contributed by atoms with Gasteiger partial charge in [0.25, 0.3) is 0 Å². The van der Waals surface area contributed by atoms with Crippen molar-refractivity contribution in [1.82, 2.24) is 0 Å². The van der Waals surface area contributed by atoms with Crippen molar-refractivity contribution < 1.29 is 14.3 Å². The predicted molar refractivity (Wildman–Crippen MR) is 55.1 cm³/mol. The van der Waals surface area contributed by atoms with Crippen LogP contribution in [0.25, 0.3) is 0 Å². The highest BCUT2D eigenvalue weighted by Gasteiger charge is 2.21. The van der Waals surface area contributed by atoms with Gasteiger partial charge in [-0.1, -0.05) is 0 Å². The zero-order valence-corrected chi connectivity index (χ0v) is 8.32. The van der Waals surface area contributed by atoms with Crippen LogP contribution in [0.4, 0.5) is 5.69 Å². The topological polar surface area (TPSA) is 73.6 Å². The van der Waals surface area contributed by atoms with Gasteiger partial charge in [-0.3, -0.25) is 4.79 Å². The zero-order chi connectivity index (χ0) is 10.8. The number of hydrogen-bond donors (Lipinski definition) is 2. The van der Waals surface area contributed by atoms with Crippen molar-refractivity contribution in [3.63, 3.8) is 0 Å². The number of nitrogens with one attached hydrogen (secondary N) is 1. The molecule has 2 rings (SSSR count). The molecule has 0 saturated heterocycles. The van der Waals surface area contributed by atoms with Crippen LogP contribution in [0.15, 0.2) is 18.2 Å². The van der Waals surface area contributed by atoms with Crippen LogP contribution in [0.3, 0.4) is 0 Å². The van der Waals surface area contributed by atoms with Crippen molar-refractivity contribution in [3.05, 3.63) is 18.2 Å². The summed E-state index contributed by atoms with van der Waals surface area (Å²) in [5.74, 6) is 1.02. The third-order valence-electron chi connectivity index (χ3n) is 2.20. The van der Waals surface area contributed by atoms with E-state index >= 15 is 0 Å². The van der Waals surface area contributed by atoms with Gasteiger partial charge in [0.05, 0.1) is 12.8 Å². The number of carbonyl (C=O) groups is 1. The van der Waals surface area contributed by atoms with Crippen LogP contribution < -0.4 is 20.5 Å². The summed E-state index contributed by atoms with van der Waals surface area (Å²) >= 11 is 0. The van der Waals surface area contributed by atoms with Crippen LogP contribution in [0.2, 0.25) is 0 Å². The molecule has 0 bridgehead atoms. The molecule has 1 aromatic rings. The molecule has 0 spiro atoms. The molecule has 0 aromatic heterocycles. The van der Waals surface area contributed by atoms with Crippen molar-refractivity contribution >= 4 is 11.6 Å². The maximum absolute atomic E-state index is 11.4. The quantitative estimate of drug-likeness (QED) is 0.698. The molecule has 1 aliphatic heterocycles. The summed E-state index contributed by atoms with van der Waals surface area (Å²) in [4.78, 5) is 11.4. The van der Waals surface area contributed by atoms with Crippen LogP contribution in [0.1, 0.15) is 0 Å². The molecule has 15 heavy (non-hydrogen) atoms. The Morgan fingerprint density at radius 2 is 2.40 bits per heavy atom. The van der Waals surface area contributed by atoms with Crippen molar-refractivity contribution in [2.24, 2.45) is 5.73 Å². The fraction of sp³-hybridized carbons (Fsp3) is 0.300. The average molecular weight is 208 g/mol. The molecule has 1 aromatic carbocycles. The Labute approximate surface area is 87.2 Å². The van der Waals surface area contributed by atoms with E-state index in [1.165, 1.54) is 0 Å². The highest BCUT2D eigenvalue weighted by molar-refractivity contribution is 5.96. The summed E-state index contributed by atoms with van der Waals surface area (Å²) in [6, 6.07) is 4.56. The molecule has 0 unspecified atom stereocenters. The van der Waals surface area contributed by atoms with Crippen LogP contribution in [0, 0.1) is 0 Å². The molecule has 80 valence electrons. The molecule has 0 radical (unpaired) electrons. The zero-order valence-electron chi connectivity index (χ0n) is 8.32. The number of ether oxygens (including phenoxy) is 2. The Balaban J connectivity index is 2.34. The summed E-state index contributed by atoms with van der Waals surface area (Å²) in [6.07, 6.45) is 0. The van der Waals surface area contributed by atoms with E-state index in [4.69, 9.17) is 15.2 Å². The first-order chi connectivity index (χ1) is 7.20. The van der Waals surface area contributed by atoms with E-state index in [1.807, 2.05) is 0 Å². The van der Waals surface area contributed by atoms with Crippen molar-refractivity contribution in [2.45, 2.75) is 6.04 Å². The van der Waals surface area contributed by atoms with Crippen LogP contribution in [0.5, 0.6) is 11.5 Å². The second-order valence-corrected chi connectivity index (χ2v) is 3.27. The highest BCUT2D eigenvalue weighted by Crippen LogP contribution is 2.30. The molecule has 1 amide bonds. The average Bonchev–Trinajstić information content (AvgIpc) is 2.39. The lowest BCUT2D eigenvalue weighted by Crippen LogP contribution is -2.38. The van der Waals surface area contributed by atoms with Gasteiger partial charge in [-0.05, 0) is 12.1 Å². The number of benzene rings is 1. The van der Waals surface area contributed by atoms with E-state index < -0.39 is 6.04 Å². The first-order valence-corrected chi connectivity index (χ1v) is 4.58. The van der Waals surface area contributed by atoms with Gasteiger partial charge in [-0.25, -0.2) is 0 Å². The van der Waals surface area contributed by atoms with Gasteiger partial charge in [0.2, 0.25) is 5.91 Å². The second-order valence-electron chi connectivity index (χ2n) is 3.27. The minimum Gasteiger partial charge on any atom is -0.497 e. The van der Waals surface area contributed by atoms with Gasteiger partial charge in [0.15, 0.2) is 0 Å². The van der Waals surface area contributed by atoms with E-state index in [2.05, 4.69) is 5.32 Å². The SMILES string of the molecule is COc1ccc2c(c1)OC[C@H](N)C(=O)N2. The maximum Gasteiger partial charge on any atom is 0.244 e. The number of methoxy groups -OCH3 is 1. The highest BCUT2D eigenvalue weighted by atomic mass is 16.5. The summed E-state index contributed by atoms with van der Waals surface area (Å²) in [5, 5.41) is 2.68. The van der Waals surface area contributed by atoms with Gasteiger partial charge in [-0.2, -0.15) is 0 Å². The minimum absolute atomic E-state index is 0.173. The van der Waals surface area contributed by atoms with Gasteiger partial charge >= 0.3 is 0 Å². The van der Waals surface area contributed by atoms with Gasteiger partial charge in [0.1, 0.15) is 24.1 Å². The molecule has 5 nitrogen and oxygen atoms in total. The largest absolute Gasteiger partial charge is 0.497 e. The number of amides is 1. The van der Waals surface area contributed by atoms with E-state index in [0.717, 1.165) is 0 Å². The third-order valence-corrected chi connectivity index (χ3v) is 2.20. The number of fused-ring (bicyclic) bond motifs is 1. The Morgan fingerprint density at radius 3 is 3.13 bits per heavy atom. The molecule has 1 heterocycles. The Bertz CT molecular complexity index is 392. The maximum atomic E-state index is 11.4. The van der Waals surface area contributed by atoms with Gasteiger partial charge in [0, 0.05) is 6.07 Å². The molecule has 5 heteroatoms. The molecular weight excluding hydrogens is 196 g/mol. The van der Waals surface area contributed by atoms with Crippen LogP contribution >= 0.6 is 0 Å². The number of rotatable bonds is 1. The molecule has 3 N–H and O–H groups in total. The minimum atomic E-state index is -0.636. The van der Waals surface area contributed by atoms with Crippen molar-refractivity contribution in [2.75, 3.05) is 19.0 Å². The standard InChI is InChI=1S/C10H12N2O3/c1-14-6-2-3-8-9(4-6)15-5-7(11)10(13)12-8/h2-4,7H,5,11H2,1H3,(H,12,13)/t7-/m0/s1. The van der Waals surface area contributed by atoms with Gasteiger partial charge in [-0.15, -0.1) is 0 Å². The van der Waals surface area contributed by atoms with E-state index in [-0.39, 0.29) is 12.5 Å². The van der Waals surface area contributed by atoms with Crippen LogP contribution in [-0.2, 0) is 4.79 Å². The van der Waals surface area contributed by atoms with Crippen molar-refractivity contribution in [3.8, 4) is 11.5 Å². The van der Waals surface area contributed by atoms with Crippen LogP contribution in [-0.4, -0.2) is 25.7 Å². The monoisotopic (exact) mass is 208 g/mol. The number of hydrogen-bond acceptors (Lipinski definition) is 4. The summed E-state index contributed by atoms with van der Waals surface area (Å²) in [6.45, 7) is 0.173. The smallest absolute Gasteiger partial charge is 0.244 e. The second kappa shape index (κ2) is 3.78. The fourth-order valence-corrected chi connectivity index (χ4v) is 1.33. The molecular formula is C10H12N2O3. The Kier molecular flexibility index (Phi) is 2.47. The normalized spacial score (nSPS) is 19.6. The fourth-order valence-electron chi connectivity index (χ4n) is 1.33. The lowest BCUT2D eigenvalue weighted by Gasteiger charge is -2.08. The van der Waals surface area contributed by atoms with E-state index in [1.54, 1.807) is 25.3 Å². The molecule has 0 aliphatic carbocycles. The summed E-state index contributed by atoms with van der Waals surface area (Å²) < 4.78 is 10.4. The predicted octanol–water partition coefficient (Wildman–Crippen LogP) is 0.353. The summed E-state index contributed by atoms with van der Waals surface area (Å²) in [5.41, 5.74) is 6.18. The Morgan fingerprint density at radius 1 is 1.60 bits per heavy atom. The Hall–Kier alpha value is -1.75. The first-order valence-electron chi connectivity index (χ1n) is 4.58. The van der Waals surface area contributed by atoms with Gasteiger partial charge < -0.3 is 20.5 Å². The number of carbonyl (C=O) groups excluding carboxylic acids is 1. The molecule has 0 fully saturated rings. The first kappa shape index (κ1) is 9.79. The van der Waals surface area contributed by atoms with E-state index in [9.17, 15) is 4.79 Å². The molecule has 1 atom stereocenters. The van der Waals surface area contributed by atoms with Crippen molar-refractivity contribution in [1.29, 1.82) is 0 Å². The third kappa shape index (κ3) is 1.87. The lowest BCUT2D eigenvalue weighted by molar-refractivity contribution is -0.117. The number of nitrogens with two attached hydrogens (primary N) is 1. The lowest BCUT2D eigenvalue weighted by atomic mass is 10.2.